The van der Waals surface area contributed by atoms with Crippen LogP contribution in [0.25, 0.3) is 0 Å². The topological polar surface area (TPSA) is 40.6 Å². The molecule has 4 nitrogen and oxygen atoms in total. The lowest BCUT2D eigenvalue weighted by Gasteiger charge is -2.29. The van der Waals surface area contributed by atoms with Crippen LogP contribution in [-0.4, -0.2) is 50.8 Å². The maximum Gasteiger partial charge on any atom is 0.246 e. The van der Waals surface area contributed by atoms with Crippen molar-refractivity contribution in [2.45, 2.75) is 30.7 Å². The zero-order valence-corrected chi connectivity index (χ0v) is 14.4. The minimum Gasteiger partial charge on any atom is -0.308 e. The fraction of sp³-hybridized carbons (Fsp3) is 0.571. The van der Waals surface area contributed by atoms with E-state index < -0.39 is 15.8 Å². The van der Waals surface area contributed by atoms with Crippen LogP contribution in [0.15, 0.2) is 23.1 Å². The average molecular weight is 337 g/mol. The summed E-state index contributed by atoms with van der Waals surface area (Å²) in [4.78, 5) is 1.60. The van der Waals surface area contributed by atoms with Gasteiger partial charge in [-0.15, -0.1) is 11.6 Å². The fourth-order valence-electron chi connectivity index (χ4n) is 2.30. The van der Waals surface area contributed by atoms with Crippen molar-refractivity contribution in [2.24, 2.45) is 0 Å². The molecule has 0 N–H and O–H groups in total. The van der Waals surface area contributed by atoms with E-state index in [9.17, 15) is 12.8 Å². The van der Waals surface area contributed by atoms with E-state index >= 15 is 0 Å². The van der Waals surface area contributed by atoms with Crippen molar-refractivity contribution in [1.29, 1.82) is 0 Å². The monoisotopic (exact) mass is 336 g/mol. The Morgan fingerprint density at radius 1 is 1.33 bits per heavy atom. The molecule has 0 bridgehead atoms. The number of likely N-dealkylation sites (N-methyl/N-ethyl adjacent to an activating group) is 2. The van der Waals surface area contributed by atoms with Gasteiger partial charge in [0.2, 0.25) is 10.0 Å². The Bertz CT molecular complexity index is 578. The molecule has 1 unspecified atom stereocenters. The van der Waals surface area contributed by atoms with Gasteiger partial charge in [-0.25, -0.2) is 12.8 Å². The second kappa shape index (κ2) is 7.54. The molecule has 0 spiro atoms. The molecule has 0 aliphatic rings. The first-order valence-corrected chi connectivity index (χ1v) is 8.72. The molecule has 0 heterocycles. The maximum atomic E-state index is 14.1. The van der Waals surface area contributed by atoms with Gasteiger partial charge in [0, 0.05) is 25.0 Å². The van der Waals surface area contributed by atoms with Gasteiger partial charge in [-0.1, -0.05) is 13.0 Å². The highest BCUT2D eigenvalue weighted by atomic mass is 35.5. The number of nitrogens with zero attached hydrogens (tertiary/aromatic N) is 2. The molecule has 1 rings (SSSR count). The molecule has 1 aromatic carbocycles. The van der Waals surface area contributed by atoms with E-state index in [4.69, 9.17) is 11.6 Å². The number of alkyl halides is 1. The molecule has 0 radical (unpaired) electrons. The standard InChI is InChI=1S/C14H22ClFN2O2S/c1-5-18(11(2)10-17(3)4)21(19,20)14-7-6-12(9-15)8-13(14)16/h6-8,11H,5,9-10H2,1-4H3. The van der Waals surface area contributed by atoms with E-state index in [2.05, 4.69) is 0 Å². The van der Waals surface area contributed by atoms with Crippen LogP contribution in [0.5, 0.6) is 0 Å². The number of rotatable bonds is 7. The molecule has 7 heteroatoms. The largest absolute Gasteiger partial charge is 0.308 e. The summed E-state index contributed by atoms with van der Waals surface area (Å²) in [6, 6.07) is 3.74. The predicted octanol–water partition coefficient (Wildman–Crippen LogP) is 2.53. The Balaban J connectivity index is 3.18. The van der Waals surface area contributed by atoms with Crippen LogP contribution in [0.2, 0.25) is 0 Å². The second-order valence-electron chi connectivity index (χ2n) is 5.22. The molecule has 0 aliphatic carbocycles. The zero-order valence-electron chi connectivity index (χ0n) is 12.8. The summed E-state index contributed by atoms with van der Waals surface area (Å²) in [7, 11) is -0.127. The molecular weight excluding hydrogens is 315 g/mol. The van der Waals surface area contributed by atoms with Crippen molar-refractivity contribution >= 4 is 21.6 Å². The van der Waals surface area contributed by atoms with E-state index in [0.29, 0.717) is 12.1 Å². The van der Waals surface area contributed by atoms with Gasteiger partial charge >= 0.3 is 0 Å². The van der Waals surface area contributed by atoms with Crippen LogP contribution in [0.4, 0.5) is 4.39 Å². The minimum absolute atomic E-state index is 0.145. The molecule has 0 amide bonds. The van der Waals surface area contributed by atoms with Crippen LogP contribution in [0, 0.1) is 5.82 Å². The van der Waals surface area contributed by atoms with E-state index in [1.165, 1.54) is 22.5 Å². The van der Waals surface area contributed by atoms with Crippen molar-refractivity contribution in [2.75, 3.05) is 27.2 Å². The molecule has 0 aliphatic heterocycles. The molecule has 1 atom stereocenters. The van der Waals surface area contributed by atoms with Gasteiger partial charge in [0.05, 0.1) is 0 Å². The summed E-state index contributed by atoms with van der Waals surface area (Å²) < 4.78 is 40.7. The molecule has 0 saturated carbocycles. The summed E-state index contributed by atoms with van der Waals surface area (Å²) in [5.74, 6) is -0.616. The van der Waals surface area contributed by atoms with Crippen molar-refractivity contribution in [3.8, 4) is 0 Å². The summed E-state index contributed by atoms with van der Waals surface area (Å²) in [6.07, 6.45) is 0. The molecule has 0 saturated heterocycles. The van der Waals surface area contributed by atoms with Crippen LogP contribution in [0.1, 0.15) is 19.4 Å². The second-order valence-corrected chi connectivity index (χ2v) is 7.34. The van der Waals surface area contributed by atoms with Gasteiger partial charge in [0.25, 0.3) is 0 Å². The number of benzene rings is 1. The highest BCUT2D eigenvalue weighted by Gasteiger charge is 2.30. The van der Waals surface area contributed by atoms with Gasteiger partial charge in [0.1, 0.15) is 10.7 Å². The van der Waals surface area contributed by atoms with Gasteiger partial charge < -0.3 is 4.90 Å². The van der Waals surface area contributed by atoms with Crippen LogP contribution in [0.3, 0.4) is 0 Å². The summed E-state index contributed by atoms with van der Waals surface area (Å²) >= 11 is 5.63. The first-order valence-electron chi connectivity index (χ1n) is 6.75. The molecule has 1 aromatic rings. The van der Waals surface area contributed by atoms with E-state index in [1.54, 1.807) is 6.92 Å². The number of halogens is 2. The quantitative estimate of drug-likeness (QED) is 0.718. The lowest BCUT2D eigenvalue weighted by Crippen LogP contribution is -2.43. The third-order valence-electron chi connectivity index (χ3n) is 3.17. The van der Waals surface area contributed by atoms with Crippen molar-refractivity contribution in [3.63, 3.8) is 0 Å². The summed E-state index contributed by atoms with van der Waals surface area (Å²) in [5, 5.41) is 0. The normalized spacial score (nSPS) is 13.9. The SMILES string of the molecule is CCN(C(C)CN(C)C)S(=O)(=O)c1ccc(CCl)cc1F. The van der Waals surface area contributed by atoms with E-state index in [1.807, 2.05) is 25.9 Å². The van der Waals surface area contributed by atoms with Gasteiger partial charge in [0.15, 0.2) is 0 Å². The third kappa shape index (κ3) is 4.39. The van der Waals surface area contributed by atoms with Crippen molar-refractivity contribution in [3.05, 3.63) is 29.6 Å². The van der Waals surface area contributed by atoms with Gasteiger partial charge in [-0.2, -0.15) is 4.31 Å². The maximum absolute atomic E-state index is 14.1. The van der Waals surface area contributed by atoms with Crippen LogP contribution >= 0.6 is 11.6 Å². The molecule has 0 fully saturated rings. The first kappa shape index (κ1) is 18.4. The molecule has 0 aromatic heterocycles. The lowest BCUT2D eigenvalue weighted by molar-refractivity contribution is 0.271. The zero-order chi connectivity index (χ0) is 16.2. The lowest BCUT2D eigenvalue weighted by atomic mass is 10.2. The van der Waals surface area contributed by atoms with E-state index in [0.717, 1.165) is 0 Å². The summed E-state index contributed by atoms with van der Waals surface area (Å²) in [6.45, 7) is 4.41. The number of hydrogen-bond donors (Lipinski definition) is 0. The van der Waals surface area contributed by atoms with Crippen LogP contribution < -0.4 is 0 Å². The number of hydrogen-bond acceptors (Lipinski definition) is 3. The van der Waals surface area contributed by atoms with Crippen LogP contribution in [-0.2, 0) is 15.9 Å². The average Bonchev–Trinajstić information content (AvgIpc) is 2.37. The Hall–Kier alpha value is -0.690. The smallest absolute Gasteiger partial charge is 0.246 e. The van der Waals surface area contributed by atoms with E-state index in [-0.39, 0.29) is 23.4 Å². The highest BCUT2D eigenvalue weighted by molar-refractivity contribution is 7.89. The Labute approximate surface area is 131 Å². The Morgan fingerprint density at radius 2 is 1.95 bits per heavy atom. The fourth-order valence-corrected chi connectivity index (χ4v) is 4.15. The summed E-state index contributed by atoms with van der Waals surface area (Å²) in [5.41, 5.74) is 0.553. The first-order chi connectivity index (χ1) is 9.73. The van der Waals surface area contributed by atoms with Crippen molar-refractivity contribution < 1.29 is 12.8 Å². The highest BCUT2D eigenvalue weighted by Crippen LogP contribution is 2.23. The number of sulfonamides is 1. The Kier molecular flexibility index (Phi) is 6.59. The molecule has 120 valence electrons. The van der Waals surface area contributed by atoms with Gasteiger partial charge in [-0.3, -0.25) is 0 Å². The van der Waals surface area contributed by atoms with Gasteiger partial charge in [-0.05, 0) is 38.7 Å². The Morgan fingerprint density at radius 3 is 2.38 bits per heavy atom. The minimum atomic E-state index is -3.86. The predicted molar refractivity (Wildman–Crippen MR) is 83.5 cm³/mol. The van der Waals surface area contributed by atoms with Crippen molar-refractivity contribution in [1.82, 2.24) is 9.21 Å². The molecular formula is C14H22ClFN2O2S. The third-order valence-corrected chi connectivity index (χ3v) is 5.60. The molecule has 21 heavy (non-hydrogen) atoms.